The van der Waals surface area contributed by atoms with Crippen molar-refractivity contribution in [2.75, 3.05) is 7.11 Å². The van der Waals surface area contributed by atoms with E-state index in [0.29, 0.717) is 5.88 Å². The number of hydrogen-bond donors (Lipinski definition) is 0. The molecule has 0 radical (unpaired) electrons. The molecule has 1 aliphatic carbocycles. The van der Waals surface area contributed by atoms with Gasteiger partial charge in [0.05, 0.1) is 12.6 Å². The van der Waals surface area contributed by atoms with E-state index in [4.69, 9.17) is 4.74 Å². The maximum Gasteiger partial charge on any atom is 0.234 e. The first-order valence-corrected chi connectivity index (χ1v) is 5.91. The number of aryl methyl sites for hydroxylation is 1. The van der Waals surface area contributed by atoms with Crippen LogP contribution in [0.1, 0.15) is 29.2 Å². The van der Waals surface area contributed by atoms with Gasteiger partial charge in [-0.05, 0) is 31.2 Å². The predicted octanol–water partition coefficient (Wildman–Crippen LogP) is 2.89. The molecule has 0 amide bonds. The van der Waals surface area contributed by atoms with E-state index in [-0.39, 0.29) is 0 Å². The normalized spacial score (nSPS) is 15.9. The van der Waals surface area contributed by atoms with Crippen LogP contribution in [0.5, 0.6) is 5.88 Å². The average Bonchev–Trinajstić information content (AvgIpc) is 3.00. The Labute approximate surface area is 92.1 Å². The Morgan fingerprint density at radius 2 is 2.20 bits per heavy atom. The summed E-state index contributed by atoms with van der Waals surface area (Å²) >= 11 is 1.75. The Kier molecular flexibility index (Phi) is 1.92. The van der Waals surface area contributed by atoms with Gasteiger partial charge in [0.2, 0.25) is 5.88 Å². The number of methoxy groups -OCH3 is 1. The summed E-state index contributed by atoms with van der Waals surface area (Å²) in [6, 6.07) is 0. The summed E-state index contributed by atoms with van der Waals surface area (Å²) in [5.74, 6) is 1.44. The number of fused-ring (bicyclic) bond motifs is 1. The van der Waals surface area contributed by atoms with Gasteiger partial charge in [-0.15, -0.1) is 11.3 Å². The van der Waals surface area contributed by atoms with Crippen molar-refractivity contribution in [1.82, 2.24) is 9.97 Å². The topological polar surface area (TPSA) is 35.0 Å². The van der Waals surface area contributed by atoms with E-state index in [1.54, 1.807) is 24.8 Å². The van der Waals surface area contributed by atoms with Crippen LogP contribution in [0.4, 0.5) is 0 Å². The zero-order valence-corrected chi connectivity index (χ0v) is 9.60. The molecule has 0 aliphatic heterocycles. The highest BCUT2D eigenvalue weighted by atomic mass is 32.1. The van der Waals surface area contributed by atoms with E-state index >= 15 is 0 Å². The van der Waals surface area contributed by atoms with Crippen molar-refractivity contribution >= 4 is 21.6 Å². The Bertz CT molecular complexity index is 517. The van der Waals surface area contributed by atoms with Crippen molar-refractivity contribution in [3.05, 3.63) is 16.8 Å². The van der Waals surface area contributed by atoms with Gasteiger partial charge in [0.25, 0.3) is 0 Å². The van der Waals surface area contributed by atoms with Crippen molar-refractivity contribution in [2.24, 2.45) is 0 Å². The fourth-order valence-corrected chi connectivity index (χ4v) is 3.18. The molecule has 0 spiro atoms. The Morgan fingerprint density at radius 3 is 2.87 bits per heavy atom. The minimum atomic E-state index is 0.708. The van der Waals surface area contributed by atoms with Gasteiger partial charge in [0.15, 0.2) is 0 Å². The molecule has 2 aromatic rings. The molecule has 2 heterocycles. The molecule has 0 saturated heterocycles. The lowest BCUT2D eigenvalue weighted by Crippen LogP contribution is -1.89. The maximum absolute atomic E-state index is 5.26. The van der Waals surface area contributed by atoms with E-state index in [2.05, 4.69) is 16.9 Å². The minimum absolute atomic E-state index is 0.708. The second-order valence-corrected chi connectivity index (χ2v) is 5.13. The third kappa shape index (κ3) is 1.32. The lowest BCUT2D eigenvalue weighted by atomic mass is 10.1. The summed E-state index contributed by atoms with van der Waals surface area (Å²) in [5.41, 5.74) is 2.53. The zero-order valence-electron chi connectivity index (χ0n) is 8.78. The fourth-order valence-electron chi connectivity index (χ4n) is 2.01. The molecule has 0 atom stereocenters. The van der Waals surface area contributed by atoms with Crippen molar-refractivity contribution in [3.8, 4) is 5.88 Å². The van der Waals surface area contributed by atoms with Crippen molar-refractivity contribution in [2.45, 2.75) is 25.7 Å². The molecule has 3 nitrogen and oxygen atoms in total. The van der Waals surface area contributed by atoms with Crippen molar-refractivity contribution < 1.29 is 4.74 Å². The van der Waals surface area contributed by atoms with Crippen LogP contribution in [0.25, 0.3) is 10.2 Å². The molecule has 0 N–H and O–H groups in total. The number of aromatic nitrogens is 2. The van der Waals surface area contributed by atoms with Gasteiger partial charge in [-0.25, -0.2) is 9.97 Å². The van der Waals surface area contributed by atoms with E-state index in [9.17, 15) is 0 Å². The molecule has 1 fully saturated rings. The number of ether oxygens (including phenoxy) is 1. The van der Waals surface area contributed by atoms with E-state index < -0.39 is 0 Å². The summed E-state index contributed by atoms with van der Waals surface area (Å²) in [6.45, 7) is 2.17. The first kappa shape index (κ1) is 9.09. The van der Waals surface area contributed by atoms with Gasteiger partial charge in [0, 0.05) is 4.88 Å². The highest BCUT2D eigenvalue weighted by molar-refractivity contribution is 7.19. The summed E-state index contributed by atoms with van der Waals surface area (Å²) in [7, 11) is 1.66. The number of thiophene rings is 1. The van der Waals surface area contributed by atoms with Gasteiger partial charge in [0.1, 0.15) is 11.0 Å². The smallest absolute Gasteiger partial charge is 0.234 e. The van der Waals surface area contributed by atoms with Gasteiger partial charge >= 0.3 is 0 Å². The van der Waals surface area contributed by atoms with Gasteiger partial charge in [-0.1, -0.05) is 0 Å². The maximum atomic E-state index is 5.26. The van der Waals surface area contributed by atoms with Crippen molar-refractivity contribution in [3.63, 3.8) is 0 Å². The van der Waals surface area contributed by atoms with Crippen LogP contribution < -0.4 is 4.74 Å². The second-order valence-electron chi connectivity index (χ2n) is 3.91. The monoisotopic (exact) mass is 220 g/mol. The number of rotatable bonds is 2. The van der Waals surface area contributed by atoms with Crippen LogP contribution in [-0.4, -0.2) is 17.1 Å². The summed E-state index contributed by atoms with van der Waals surface area (Å²) in [6.07, 6.45) is 4.21. The molecule has 1 aliphatic rings. The molecule has 78 valence electrons. The molecule has 2 aromatic heterocycles. The van der Waals surface area contributed by atoms with E-state index in [1.165, 1.54) is 23.3 Å². The summed E-state index contributed by atoms with van der Waals surface area (Å²) < 4.78 is 6.35. The first-order chi connectivity index (χ1) is 7.31. The highest BCUT2D eigenvalue weighted by Gasteiger charge is 2.29. The molecule has 4 heteroatoms. The van der Waals surface area contributed by atoms with Gasteiger partial charge in [-0.3, -0.25) is 0 Å². The van der Waals surface area contributed by atoms with Crippen LogP contribution in [0.3, 0.4) is 0 Å². The lowest BCUT2D eigenvalue weighted by Gasteiger charge is -1.99. The molecule has 3 rings (SSSR count). The highest BCUT2D eigenvalue weighted by Crippen LogP contribution is 2.48. The van der Waals surface area contributed by atoms with E-state index in [0.717, 1.165) is 16.1 Å². The average molecular weight is 220 g/mol. The fraction of sp³-hybridized carbons (Fsp3) is 0.455. The number of nitrogens with zero attached hydrogens (tertiary/aromatic N) is 2. The third-order valence-corrected chi connectivity index (χ3v) is 3.94. The van der Waals surface area contributed by atoms with Gasteiger partial charge in [-0.2, -0.15) is 0 Å². The van der Waals surface area contributed by atoms with Crippen LogP contribution in [-0.2, 0) is 0 Å². The summed E-state index contributed by atoms with van der Waals surface area (Å²) in [4.78, 5) is 9.89. The van der Waals surface area contributed by atoms with Crippen LogP contribution >= 0.6 is 11.3 Å². The van der Waals surface area contributed by atoms with Crippen LogP contribution in [0.2, 0.25) is 0 Å². The molecule has 1 saturated carbocycles. The first-order valence-electron chi connectivity index (χ1n) is 5.09. The lowest BCUT2D eigenvalue weighted by molar-refractivity contribution is 0.403. The van der Waals surface area contributed by atoms with Crippen LogP contribution in [0.15, 0.2) is 6.33 Å². The molecule has 0 bridgehead atoms. The Balaban J connectivity index is 2.31. The minimum Gasteiger partial charge on any atom is -0.480 e. The zero-order chi connectivity index (χ0) is 10.4. The molecular formula is C11H12N2OS. The van der Waals surface area contributed by atoms with Crippen molar-refractivity contribution in [1.29, 1.82) is 0 Å². The largest absolute Gasteiger partial charge is 0.480 e. The van der Waals surface area contributed by atoms with Gasteiger partial charge < -0.3 is 4.74 Å². The Hall–Kier alpha value is -1.16. The SMILES string of the molecule is COc1ncnc2c(C3CC3)c(C)sc12. The predicted molar refractivity (Wildman–Crippen MR) is 60.7 cm³/mol. The number of hydrogen-bond acceptors (Lipinski definition) is 4. The molecule has 0 unspecified atom stereocenters. The molecule has 15 heavy (non-hydrogen) atoms. The second kappa shape index (κ2) is 3.17. The quantitative estimate of drug-likeness (QED) is 0.780. The standard InChI is InChI=1S/C11H12N2OS/c1-6-8(7-3-4-7)9-10(15-6)11(14-2)13-5-12-9/h5,7H,3-4H2,1-2H3. The van der Waals surface area contributed by atoms with Crippen LogP contribution in [0, 0.1) is 6.92 Å². The Morgan fingerprint density at radius 1 is 1.40 bits per heavy atom. The molecule has 0 aromatic carbocycles. The summed E-state index contributed by atoms with van der Waals surface area (Å²) in [5, 5.41) is 0. The van der Waals surface area contributed by atoms with E-state index in [1.807, 2.05) is 0 Å². The third-order valence-electron chi connectivity index (χ3n) is 2.84. The molecular weight excluding hydrogens is 208 g/mol.